The Labute approximate surface area is 120 Å². The van der Waals surface area contributed by atoms with Crippen LogP contribution in [0.5, 0.6) is 0 Å². The van der Waals surface area contributed by atoms with Gasteiger partial charge >= 0.3 is 0 Å². The maximum Gasteiger partial charge on any atom is 0.225 e. The summed E-state index contributed by atoms with van der Waals surface area (Å²) in [6, 6.07) is 6.71. The molecule has 110 valence electrons. The number of Topliss-reactive ketones (excluding diaryl/α,β-unsaturated/α-hetero) is 1. The van der Waals surface area contributed by atoms with Crippen LogP contribution in [0.3, 0.4) is 0 Å². The molecule has 0 fully saturated rings. The van der Waals surface area contributed by atoms with Crippen LogP contribution in [0.4, 0.5) is 5.69 Å². The van der Waals surface area contributed by atoms with Gasteiger partial charge in [-0.3, -0.25) is 9.59 Å². The number of carbonyl (C=O) groups excluding carboxylic acids is 2. The molecule has 20 heavy (non-hydrogen) atoms. The van der Waals surface area contributed by atoms with Crippen molar-refractivity contribution in [3.8, 4) is 0 Å². The van der Waals surface area contributed by atoms with Gasteiger partial charge in [-0.15, -0.1) is 0 Å². The maximum absolute atomic E-state index is 11.9. The van der Waals surface area contributed by atoms with Crippen molar-refractivity contribution in [2.24, 2.45) is 11.1 Å². The Balaban J connectivity index is 2.52. The van der Waals surface area contributed by atoms with E-state index in [9.17, 15) is 9.59 Å². The van der Waals surface area contributed by atoms with E-state index in [-0.39, 0.29) is 23.1 Å². The highest BCUT2D eigenvalue weighted by molar-refractivity contribution is 5.95. The molecule has 4 heteroatoms. The summed E-state index contributed by atoms with van der Waals surface area (Å²) in [5.41, 5.74) is 7.40. The number of hydrogen-bond donors (Lipinski definition) is 2. The van der Waals surface area contributed by atoms with Gasteiger partial charge < -0.3 is 11.1 Å². The molecule has 1 aromatic rings. The summed E-state index contributed by atoms with van der Waals surface area (Å²) in [4.78, 5) is 23.0. The van der Waals surface area contributed by atoms with E-state index in [4.69, 9.17) is 5.73 Å². The Morgan fingerprint density at radius 2 is 1.75 bits per heavy atom. The first kappa shape index (κ1) is 16.4. The summed E-state index contributed by atoms with van der Waals surface area (Å²) < 4.78 is 0. The Bertz CT molecular complexity index is 472. The van der Waals surface area contributed by atoms with Gasteiger partial charge in [0.15, 0.2) is 5.78 Å². The number of hydrogen-bond acceptors (Lipinski definition) is 3. The van der Waals surface area contributed by atoms with Gasteiger partial charge in [0.25, 0.3) is 0 Å². The molecule has 1 atom stereocenters. The van der Waals surface area contributed by atoms with Crippen LogP contribution in [0.2, 0.25) is 0 Å². The number of amides is 1. The van der Waals surface area contributed by atoms with E-state index in [0.29, 0.717) is 17.7 Å². The predicted molar refractivity (Wildman–Crippen MR) is 81.7 cm³/mol. The number of carbonyl (C=O) groups is 2. The minimum atomic E-state index is -0.147. The molecule has 0 radical (unpaired) electrons. The molecular weight excluding hydrogens is 252 g/mol. The maximum atomic E-state index is 11.9. The molecular formula is C16H24N2O2. The van der Waals surface area contributed by atoms with Crippen LogP contribution in [0.15, 0.2) is 24.3 Å². The number of benzene rings is 1. The second-order valence-corrected chi connectivity index (χ2v) is 6.41. The Morgan fingerprint density at radius 3 is 2.20 bits per heavy atom. The van der Waals surface area contributed by atoms with E-state index in [0.717, 1.165) is 6.42 Å². The molecule has 1 unspecified atom stereocenters. The van der Waals surface area contributed by atoms with E-state index in [2.05, 4.69) is 26.1 Å². The third-order valence-electron chi connectivity index (χ3n) is 2.90. The molecule has 1 amide bonds. The van der Waals surface area contributed by atoms with Crippen molar-refractivity contribution in [3.63, 3.8) is 0 Å². The third-order valence-corrected chi connectivity index (χ3v) is 2.90. The number of ketones is 1. The topological polar surface area (TPSA) is 72.2 Å². The number of rotatable bonds is 5. The smallest absolute Gasteiger partial charge is 0.225 e. The fourth-order valence-corrected chi connectivity index (χ4v) is 2.10. The van der Waals surface area contributed by atoms with Gasteiger partial charge in [-0.25, -0.2) is 0 Å². The van der Waals surface area contributed by atoms with Crippen LogP contribution < -0.4 is 11.1 Å². The summed E-state index contributed by atoms with van der Waals surface area (Å²) in [7, 11) is 0. The molecule has 0 saturated carbocycles. The number of anilines is 1. The van der Waals surface area contributed by atoms with Gasteiger partial charge in [-0.1, -0.05) is 20.8 Å². The third kappa shape index (κ3) is 5.97. The van der Waals surface area contributed by atoms with E-state index >= 15 is 0 Å². The summed E-state index contributed by atoms with van der Waals surface area (Å²) in [5.74, 6) is -0.0904. The molecule has 0 bridgehead atoms. The van der Waals surface area contributed by atoms with Crippen molar-refractivity contribution in [3.05, 3.63) is 29.8 Å². The van der Waals surface area contributed by atoms with Crippen LogP contribution in [0.25, 0.3) is 0 Å². The van der Waals surface area contributed by atoms with E-state index < -0.39 is 0 Å². The molecule has 4 nitrogen and oxygen atoms in total. The SMILES string of the molecule is CC(=O)c1ccc(NC(=O)CC(N)CC(C)(C)C)cc1. The van der Waals surface area contributed by atoms with E-state index in [1.165, 1.54) is 6.92 Å². The second-order valence-electron chi connectivity index (χ2n) is 6.41. The van der Waals surface area contributed by atoms with Crippen LogP contribution in [-0.4, -0.2) is 17.7 Å². The largest absolute Gasteiger partial charge is 0.327 e. The minimum absolute atomic E-state index is 0.00933. The molecule has 0 aliphatic heterocycles. The highest BCUT2D eigenvalue weighted by Crippen LogP contribution is 2.21. The molecule has 0 aromatic heterocycles. The van der Waals surface area contributed by atoms with Crippen molar-refractivity contribution in [1.29, 1.82) is 0 Å². The quantitative estimate of drug-likeness (QED) is 0.812. The highest BCUT2D eigenvalue weighted by Gasteiger charge is 2.18. The molecule has 0 aliphatic rings. The summed E-state index contributed by atoms with van der Waals surface area (Å²) in [5, 5.41) is 2.79. The Morgan fingerprint density at radius 1 is 1.20 bits per heavy atom. The molecule has 0 aliphatic carbocycles. The lowest BCUT2D eigenvalue weighted by molar-refractivity contribution is -0.116. The fraction of sp³-hybridized carbons (Fsp3) is 0.500. The molecule has 1 aromatic carbocycles. The lowest BCUT2D eigenvalue weighted by Crippen LogP contribution is -2.31. The average molecular weight is 276 g/mol. The predicted octanol–water partition coefficient (Wildman–Crippen LogP) is 2.98. The molecule has 0 heterocycles. The van der Waals surface area contributed by atoms with Gasteiger partial charge in [-0.05, 0) is 43.0 Å². The van der Waals surface area contributed by atoms with E-state index in [1.807, 2.05) is 0 Å². The van der Waals surface area contributed by atoms with E-state index in [1.54, 1.807) is 24.3 Å². The van der Waals surface area contributed by atoms with Crippen molar-refractivity contribution in [1.82, 2.24) is 0 Å². The number of nitrogens with two attached hydrogens (primary N) is 1. The van der Waals surface area contributed by atoms with Gasteiger partial charge in [-0.2, -0.15) is 0 Å². The van der Waals surface area contributed by atoms with Gasteiger partial charge in [0.05, 0.1) is 0 Å². The monoisotopic (exact) mass is 276 g/mol. The number of nitrogens with one attached hydrogen (secondary N) is 1. The first-order valence-electron chi connectivity index (χ1n) is 6.84. The van der Waals surface area contributed by atoms with Crippen molar-refractivity contribution >= 4 is 17.4 Å². The lowest BCUT2D eigenvalue weighted by Gasteiger charge is -2.22. The van der Waals surface area contributed by atoms with Crippen LogP contribution in [-0.2, 0) is 4.79 Å². The summed E-state index contributed by atoms with van der Waals surface area (Å²) in [6.45, 7) is 7.82. The van der Waals surface area contributed by atoms with Gasteiger partial charge in [0, 0.05) is 23.7 Å². The summed E-state index contributed by atoms with van der Waals surface area (Å²) >= 11 is 0. The Kier molecular flexibility index (Phi) is 5.45. The first-order valence-corrected chi connectivity index (χ1v) is 6.84. The summed E-state index contributed by atoms with van der Waals surface area (Å²) in [6.07, 6.45) is 1.09. The van der Waals surface area contributed by atoms with Crippen LogP contribution in [0.1, 0.15) is 50.9 Å². The normalized spacial score (nSPS) is 12.8. The minimum Gasteiger partial charge on any atom is -0.327 e. The Hall–Kier alpha value is -1.68. The van der Waals surface area contributed by atoms with Crippen LogP contribution >= 0.6 is 0 Å². The lowest BCUT2D eigenvalue weighted by atomic mass is 9.87. The standard InChI is InChI=1S/C16H24N2O2/c1-11(19)12-5-7-14(8-6-12)18-15(20)9-13(17)10-16(2,3)4/h5-8,13H,9-10,17H2,1-4H3,(H,18,20). The van der Waals surface area contributed by atoms with Gasteiger partial charge in [0.2, 0.25) is 5.91 Å². The second kappa shape index (κ2) is 6.66. The molecule has 0 saturated heterocycles. The zero-order valence-electron chi connectivity index (χ0n) is 12.7. The molecule has 3 N–H and O–H groups in total. The van der Waals surface area contributed by atoms with Crippen molar-refractivity contribution in [2.45, 2.75) is 46.6 Å². The fourth-order valence-electron chi connectivity index (χ4n) is 2.10. The van der Waals surface area contributed by atoms with Crippen molar-refractivity contribution in [2.75, 3.05) is 5.32 Å². The molecule has 0 spiro atoms. The zero-order valence-corrected chi connectivity index (χ0v) is 12.7. The highest BCUT2D eigenvalue weighted by atomic mass is 16.1. The average Bonchev–Trinajstić information content (AvgIpc) is 2.26. The zero-order chi connectivity index (χ0) is 15.3. The molecule has 1 rings (SSSR count). The van der Waals surface area contributed by atoms with Gasteiger partial charge in [0.1, 0.15) is 0 Å². The van der Waals surface area contributed by atoms with Crippen molar-refractivity contribution < 1.29 is 9.59 Å². The first-order chi connectivity index (χ1) is 9.17. The van der Waals surface area contributed by atoms with Crippen LogP contribution in [0, 0.1) is 5.41 Å².